The van der Waals surface area contributed by atoms with Crippen LogP contribution in [-0.2, 0) is 21.8 Å². The number of hydrogen-bond acceptors (Lipinski definition) is 9. The van der Waals surface area contributed by atoms with Gasteiger partial charge in [-0.05, 0) is 74.0 Å². The van der Waals surface area contributed by atoms with Gasteiger partial charge in [0.25, 0.3) is 0 Å². The van der Waals surface area contributed by atoms with E-state index in [0.29, 0.717) is 19.8 Å². The Balaban J connectivity index is 0.916. The molecule has 0 amide bonds. The SMILES string of the molecule is CCC(C)n1ncn(-c2ccc(N3CCN(c4ccc(OCC5COC(Cn6nccn6)(c6ccc(Br)cc6)O5)cc4)CC3)cc2)c1=O. The summed E-state index contributed by atoms with van der Waals surface area (Å²) in [4.78, 5) is 19.1. The maximum atomic E-state index is 12.8. The molecule has 3 atom stereocenters. The van der Waals surface area contributed by atoms with Crippen LogP contribution in [0.4, 0.5) is 11.4 Å². The van der Waals surface area contributed by atoms with Crippen LogP contribution in [0.3, 0.4) is 0 Å². The third-order valence-corrected chi connectivity index (χ3v) is 9.60. The molecule has 0 spiro atoms. The summed E-state index contributed by atoms with van der Waals surface area (Å²) in [5.74, 6) is -0.219. The number of hydrogen-bond donors (Lipinski definition) is 0. The Morgan fingerprint density at radius 1 is 0.875 bits per heavy atom. The standard InChI is InChI=1S/C35H39BrN8O4/c1-3-26(2)44-34(45)42(25-39-44)31-10-8-29(9-11-31)40-18-20-41(21-19-40)30-12-14-32(15-13-30)46-22-33-23-47-35(48-33,24-43-37-16-17-38-43)27-4-6-28(36)7-5-27/h4-17,25-26,33H,3,18-24H2,1-2H3. The van der Waals surface area contributed by atoms with E-state index in [0.717, 1.165) is 65.4 Å². The summed E-state index contributed by atoms with van der Waals surface area (Å²) in [6, 6.07) is 24.4. The fourth-order valence-corrected chi connectivity index (χ4v) is 6.41. The van der Waals surface area contributed by atoms with E-state index in [9.17, 15) is 4.79 Å². The first-order valence-electron chi connectivity index (χ1n) is 16.3. The molecule has 0 N–H and O–H groups in total. The number of rotatable bonds is 11. The molecule has 48 heavy (non-hydrogen) atoms. The van der Waals surface area contributed by atoms with E-state index in [1.54, 1.807) is 32.8 Å². The van der Waals surface area contributed by atoms with Gasteiger partial charge in [0.15, 0.2) is 0 Å². The Kier molecular flexibility index (Phi) is 9.33. The lowest BCUT2D eigenvalue weighted by Crippen LogP contribution is -2.46. The fraction of sp³-hybridized carbons (Fsp3) is 0.371. The Labute approximate surface area is 287 Å². The van der Waals surface area contributed by atoms with Crippen molar-refractivity contribution >= 4 is 27.3 Å². The van der Waals surface area contributed by atoms with Gasteiger partial charge in [-0.1, -0.05) is 35.0 Å². The van der Waals surface area contributed by atoms with E-state index in [1.165, 1.54) is 0 Å². The summed E-state index contributed by atoms with van der Waals surface area (Å²) in [5, 5.41) is 12.8. The molecule has 0 radical (unpaired) electrons. The second-order valence-electron chi connectivity index (χ2n) is 12.2. The number of aromatic nitrogens is 6. The van der Waals surface area contributed by atoms with E-state index in [2.05, 4.69) is 72.2 Å². The van der Waals surface area contributed by atoms with Crippen molar-refractivity contribution in [3.05, 3.63) is 112 Å². The van der Waals surface area contributed by atoms with Crippen LogP contribution in [0.1, 0.15) is 31.9 Å². The Morgan fingerprint density at radius 2 is 1.48 bits per heavy atom. The molecule has 2 saturated heterocycles. The van der Waals surface area contributed by atoms with Crippen molar-refractivity contribution in [2.75, 3.05) is 49.2 Å². The number of benzene rings is 3. The first kappa shape index (κ1) is 32.1. The van der Waals surface area contributed by atoms with Crippen molar-refractivity contribution in [3.8, 4) is 11.4 Å². The molecule has 13 heteroatoms. The van der Waals surface area contributed by atoms with E-state index in [-0.39, 0.29) is 17.8 Å². The van der Waals surface area contributed by atoms with Gasteiger partial charge in [0, 0.05) is 47.6 Å². The summed E-state index contributed by atoms with van der Waals surface area (Å²) >= 11 is 3.51. The number of piperazine rings is 1. The van der Waals surface area contributed by atoms with Crippen LogP contribution in [0, 0.1) is 0 Å². The van der Waals surface area contributed by atoms with Gasteiger partial charge < -0.3 is 24.0 Å². The number of anilines is 2. The highest BCUT2D eigenvalue weighted by molar-refractivity contribution is 9.10. The van der Waals surface area contributed by atoms with Gasteiger partial charge in [-0.15, -0.1) is 0 Å². The minimum absolute atomic E-state index is 0.0705. The maximum Gasteiger partial charge on any atom is 0.350 e. The second kappa shape index (κ2) is 14.0. The molecule has 2 aromatic heterocycles. The van der Waals surface area contributed by atoms with Crippen LogP contribution in [0.5, 0.6) is 5.75 Å². The Morgan fingerprint density at radius 3 is 2.10 bits per heavy atom. The first-order valence-corrected chi connectivity index (χ1v) is 17.1. The first-order chi connectivity index (χ1) is 23.4. The molecule has 3 aromatic carbocycles. The van der Waals surface area contributed by atoms with Gasteiger partial charge in [-0.25, -0.2) is 14.0 Å². The average Bonchev–Trinajstić information content (AvgIpc) is 3.89. The van der Waals surface area contributed by atoms with E-state index < -0.39 is 5.79 Å². The Hall–Kier alpha value is -4.46. The van der Waals surface area contributed by atoms with E-state index in [4.69, 9.17) is 14.2 Å². The van der Waals surface area contributed by atoms with Crippen molar-refractivity contribution in [2.24, 2.45) is 0 Å². The quantitative estimate of drug-likeness (QED) is 0.186. The molecule has 250 valence electrons. The summed E-state index contributed by atoms with van der Waals surface area (Å²) in [7, 11) is 0. The molecule has 0 saturated carbocycles. The minimum Gasteiger partial charge on any atom is -0.491 e. The third kappa shape index (κ3) is 6.75. The monoisotopic (exact) mass is 714 g/mol. The molecule has 0 aliphatic carbocycles. The van der Waals surface area contributed by atoms with Crippen molar-refractivity contribution in [1.82, 2.24) is 29.3 Å². The summed E-state index contributed by atoms with van der Waals surface area (Å²) in [5.41, 5.74) is 3.92. The van der Waals surface area contributed by atoms with Crippen LogP contribution in [0.15, 0.2) is 101 Å². The van der Waals surface area contributed by atoms with Crippen molar-refractivity contribution < 1.29 is 14.2 Å². The van der Waals surface area contributed by atoms with E-state index in [1.807, 2.05) is 55.5 Å². The zero-order chi connectivity index (χ0) is 33.1. The lowest BCUT2D eigenvalue weighted by Gasteiger charge is -2.37. The topological polar surface area (TPSA) is 105 Å². The maximum absolute atomic E-state index is 12.8. The number of halogens is 1. The van der Waals surface area contributed by atoms with Gasteiger partial charge in [-0.2, -0.15) is 20.1 Å². The van der Waals surface area contributed by atoms with Crippen molar-refractivity contribution in [1.29, 1.82) is 0 Å². The van der Waals surface area contributed by atoms with Crippen molar-refractivity contribution in [2.45, 2.75) is 44.7 Å². The molecule has 5 aromatic rings. The molecule has 3 unspecified atom stereocenters. The Bertz CT molecular complexity index is 1840. The van der Waals surface area contributed by atoms with Crippen LogP contribution in [0.2, 0.25) is 0 Å². The molecule has 0 bridgehead atoms. The molecule has 4 heterocycles. The van der Waals surface area contributed by atoms with Crippen LogP contribution >= 0.6 is 15.9 Å². The van der Waals surface area contributed by atoms with Gasteiger partial charge in [0.1, 0.15) is 31.3 Å². The predicted molar refractivity (Wildman–Crippen MR) is 186 cm³/mol. The zero-order valence-electron chi connectivity index (χ0n) is 27.1. The second-order valence-corrected chi connectivity index (χ2v) is 13.1. The largest absolute Gasteiger partial charge is 0.491 e. The summed E-state index contributed by atoms with van der Waals surface area (Å²) < 4.78 is 23.0. The predicted octanol–water partition coefficient (Wildman–Crippen LogP) is 5.03. The molecule has 7 rings (SSSR count). The lowest BCUT2D eigenvalue weighted by atomic mass is 10.1. The molecular formula is C35H39BrN8O4. The minimum atomic E-state index is -1.00. The van der Waals surface area contributed by atoms with Crippen LogP contribution in [-0.4, -0.2) is 74.8 Å². The molecule has 2 aliphatic rings. The normalized spacial score (nSPS) is 20.3. The lowest BCUT2D eigenvalue weighted by molar-refractivity contribution is -0.192. The van der Waals surface area contributed by atoms with Crippen LogP contribution < -0.4 is 20.2 Å². The van der Waals surface area contributed by atoms with Gasteiger partial charge in [0.05, 0.1) is 30.7 Å². The van der Waals surface area contributed by atoms with Gasteiger partial charge in [-0.3, -0.25) is 0 Å². The third-order valence-electron chi connectivity index (χ3n) is 9.07. The highest BCUT2D eigenvalue weighted by atomic mass is 79.9. The highest BCUT2D eigenvalue weighted by Crippen LogP contribution is 2.37. The molecule has 2 fully saturated rings. The molecular weight excluding hydrogens is 676 g/mol. The zero-order valence-corrected chi connectivity index (χ0v) is 28.6. The smallest absolute Gasteiger partial charge is 0.350 e. The van der Waals surface area contributed by atoms with Crippen LogP contribution in [0.25, 0.3) is 5.69 Å². The van der Waals surface area contributed by atoms with E-state index >= 15 is 0 Å². The highest BCUT2D eigenvalue weighted by Gasteiger charge is 2.44. The van der Waals surface area contributed by atoms with Crippen molar-refractivity contribution in [3.63, 3.8) is 0 Å². The van der Waals surface area contributed by atoms with Gasteiger partial charge >= 0.3 is 5.69 Å². The molecule has 12 nitrogen and oxygen atoms in total. The number of nitrogens with zero attached hydrogens (tertiary/aromatic N) is 8. The summed E-state index contributed by atoms with van der Waals surface area (Å²) in [6.45, 7) is 8.74. The molecule has 2 aliphatic heterocycles. The number of ether oxygens (including phenoxy) is 3. The fourth-order valence-electron chi connectivity index (χ4n) is 6.15. The average molecular weight is 716 g/mol. The summed E-state index contributed by atoms with van der Waals surface area (Å²) in [6.07, 6.45) is 5.49. The van der Waals surface area contributed by atoms with Gasteiger partial charge in [0.2, 0.25) is 5.79 Å².